The molecule has 78 valence electrons. The number of thiocarbonyl (C=S) groups is 1. The zero-order valence-corrected chi connectivity index (χ0v) is 9.96. The van der Waals surface area contributed by atoms with Crippen LogP contribution in [-0.4, -0.2) is 18.1 Å². The van der Waals surface area contributed by atoms with E-state index in [0.29, 0.717) is 12.0 Å². The summed E-state index contributed by atoms with van der Waals surface area (Å²) >= 11 is 4.78. The van der Waals surface area contributed by atoms with Crippen molar-refractivity contribution in [2.45, 2.75) is 27.2 Å². The number of carbonyl (C=O) groups is 1. The van der Waals surface area contributed by atoms with Gasteiger partial charge in [0.05, 0.1) is 7.11 Å². The Morgan fingerprint density at radius 3 is 2.29 bits per heavy atom. The lowest BCUT2D eigenvalue weighted by molar-refractivity contribution is -0.136. The summed E-state index contributed by atoms with van der Waals surface area (Å²) in [6.07, 6.45) is 0.430. The molecule has 0 saturated carbocycles. The fourth-order valence-electron chi connectivity index (χ4n) is 0.884. The minimum atomic E-state index is -0.392. The van der Waals surface area contributed by atoms with E-state index < -0.39 is 5.97 Å². The van der Waals surface area contributed by atoms with Crippen molar-refractivity contribution in [3.63, 3.8) is 0 Å². The van der Waals surface area contributed by atoms with Crippen molar-refractivity contribution in [3.8, 4) is 0 Å². The number of carbonyl (C=O) groups excluding carboxylic acids is 1. The quantitative estimate of drug-likeness (QED) is 0.409. The zero-order valence-electron chi connectivity index (χ0n) is 9.14. The van der Waals surface area contributed by atoms with Crippen LogP contribution in [0, 0.1) is 5.41 Å². The number of allylic oxidation sites excluding steroid dienone is 1. The third-order valence-electron chi connectivity index (χ3n) is 1.89. The summed E-state index contributed by atoms with van der Waals surface area (Å²) in [4.78, 5) is 11.1. The molecule has 0 rings (SSSR count). The standard InChI is InChI=1S/C11H16O2S/c1-8(10(12)13-5)6-9(7-14)11(2,3)4/h1,6H2,2-5H3. The molecular formula is C11H16O2S. The molecule has 0 aromatic heterocycles. The molecule has 0 amide bonds. The van der Waals surface area contributed by atoms with Crippen LogP contribution in [0.2, 0.25) is 0 Å². The van der Waals surface area contributed by atoms with E-state index >= 15 is 0 Å². The first-order valence-electron chi connectivity index (χ1n) is 4.33. The number of ether oxygens (including phenoxy) is 1. The van der Waals surface area contributed by atoms with E-state index in [-0.39, 0.29) is 5.41 Å². The summed E-state index contributed by atoms with van der Waals surface area (Å²) in [5.41, 5.74) is 1.22. The maximum Gasteiger partial charge on any atom is 0.333 e. The average molecular weight is 212 g/mol. The summed E-state index contributed by atoms with van der Waals surface area (Å²) in [6.45, 7) is 9.71. The highest BCUT2D eigenvalue weighted by Crippen LogP contribution is 2.28. The first kappa shape index (κ1) is 13.1. The molecule has 0 aliphatic carbocycles. The molecule has 0 aliphatic rings. The summed E-state index contributed by atoms with van der Waals surface area (Å²) in [5, 5.41) is 2.68. The van der Waals surface area contributed by atoms with Gasteiger partial charge in [-0.2, -0.15) is 0 Å². The van der Waals surface area contributed by atoms with E-state index in [2.05, 4.69) is 16.3 Å². The van der Waals surface area contributed by atoms with Crippen molar-refractivity contribution in [3.05, 3.63) is 17.7 Å². The Morgan fingerprint density at radius 1 is 1.50 bits per heavy atom. The molecule has 2 nitrogen and oxygen atoms in total. The van der Waals surface area contributed by atoms with Gasteiger partial charge in [-0.3, -0.25) is 0 Å². The van der Waals surface area contributed by atoms with Gasteiger partial charge < -0.3 is 4.74 Å². The van der Waals surface area contributed by atoms with Gasteiger partial charge in [0.15, 0.2) is 0 Å². The van der Waals surface area contributed by atoms with Crippen LogP contribution in [0.15, 0.2) is 17.7 Å². The lowest BCUT2D eigenvalue weighted by Gasteiger charge is -2.20. The maximum atomic E-state index is 11.1. The molecule has 0 N–H and O–H groups in total. The highest BCUT2D eigenvalue weighted by Gasteiger charge is 2.20. The number of hydrogen-bond acceptors (Lipinski definition) is 3. The van der Waals surface area contributed by atoms with E-state index in [1.54, 1.807) is 0 Å². The summed E-state index contributed by atoms with van der Waals surface area (Å²) in [5.74, 6) is -0.392. The van der Waals surface area contributed by atoms with Crippen LogP contribution in [0.5, 0.6) is 0 Å². The van der Waals surface area contributed by atoms with Gasteiger partial charge in [0, 0.05) is 12.0 Å². The second kappa shape index (κ2) is 5.08. The predicted molar refractivity (Wildman–Crippen MR) is 61.3 cm³/mol. The SMILES string of the molecule is C=C(CC(=C=S)C(C)(C)C)C(=O)OC. The molecule has 0 bridgehead atoms. The first-order chi connectivity index (χ1) is 6.32. The smallest absolute Gasteiger partial charge is 0.333 e. The summed E-state index contributed by atoms with van der Waals surface area (Å²) in [6, 6.07) is 0. The molecule has 0 spiro atoms. The molecule has 14 heavy (non-hydrogen) atoms. The minimum absolute atomic E-state index is 0.0846. The fourth-order valence-corrected chi connectivity index (χ4v) is 1.26. The molecule has 0 aliphatic heterocycles. The molecule has 0 aromatic carbocycles. The van der Waals surface area contributed by atoms with Gasteiger partial charge >= 0.3 is 5.97 Å². The van der Waals surface area contributed by atoms with Crippen molar-refractivity contribution < 1.29 is 9.53 Å². The van der Waals surface area contributed by atoms with Crippen LogP contribution in [0.25, 0.3) is 0 Å². The van der Waals surface area contributed by atoms with Crippen molar-refractivity contribution in [2.24, 2.45) is 5.41 Å². The van der Waals surface area contributed by atoms with E-state index in [1.807, 2.05) is 20.8 Å². The Hall–Kier alpha value is -0.920. The van der Waals surface area contributed by atoms with Crippen molar-refractivity contribution in [1.82, 2.24) is 0 Å². The topological polar surface area (TPSA) is 26.3 Å². The van der Waals surface area contributed by atoms with Crippen molar-refractivity contribution in [2.75, 3.05) is 7.11 Å². The summed E-state index contributed by atoms with van der Waals surface area (Å²) in [7, 11) is 1.34. The van der Waals surface area contributed by atoms with Crippen molar-refractivity contribution >= 4 is 23.2 Å². The Bertz CT molecular complexity index is 291. The third-order valence-corrected chi connectivity index (χ3v) is 2.14. The van der Waals surface area contributed by atoms with Crippen molar-refractivity contribution in [1.29, 1.82) is 0 Å². The van der Waals surface area contributed by atoms with Crippen LogP contribution in [0.1, 0.15) is 27.2 Å². The second-order valence-electron chi connectivity index (χ2n) is 4.10. The largest absolute Gasteiger partial charge is 0.466 e. The predicted octanol–water partition coefficient (Wildman–Crippen LogP) is 2.68. The molecule has 0 radical (unpaired) electrons. The molecule has 0 atom stereocenters. The Kier molecular flexibility index (Phi) is 4.75. The monoisotopic (exact) mass is 212 g/mol. The average Bonchev–Trinajstić information content (AvgIpc) is 2.10. The molecule has 0 aromatic rings. The van der Waals surface area contributed by atoms with Gasteiger partial charge in [-0.05, 0) is 28.2 Å². The molecule has 0 fully saturated rings. The zero-order chi connectivity index (χ0) is 11.4. The Balaban J connectivity index is 4.60. The molecule has 0 unspecified atom stereocenters. The number of methoxy groups -OCH3 is 1. The van der Waals surface area contributed by atoms with Crippen LogP contribution < -0.4 is 0 Å². The molecule has 0 heterocycles. The lowest BCUT2D eigenvalue weighted by Crippen LogP contribution is -2.13. The molecule has 0 saturated heterocycles. The highest BCUT2D eigenvalue weighted by molar-refractivity contribution is 7.78. The van der Waals surface area contributed by atoms with Crippen LogP contribution in [-0.2, 0) is 9.53 Å². The van der Waals surface area contributed by atoms with Gasteiger partial charge in [-0.25, -0.2) is 4.79 Å². The van der Waals surface area contributed by atoms with Crippen LogP contribution in [0.4, 0.5) is 0 Å². The van der Waals surface area contributed by atoms with E-state index in [9.17, 15) is 4.79 Å². The van der Waals surface area contributed by atoms with Gasteiger partial charge in [0.2, 0.25) is 0 Å². The number of hydrogen-bond donors (Lipinski definition) is 0. The van der Waals surface area contributed by atoms with E-state index in [1.165, 1.54) is 7.11 Å². The van der Waals surface area contributed by atoms with Crippen LogP contribution in [0.3, 0.4) is 0 Å². The van der Waals surface area contributed by atoms with Gasteiger partial charge in [0.1, 0.15) is 0 Å². The first-order valence-corrected chi connectivity index (χ1v) is 4.74. The normalized spacial score (nSPS) is 10.3. The number of rotatable bonds is 3. The summed E-state index contributed by atoms with van der Waals surface area (Å²) < 4.78 is 4.56. The Morgan fingerprint density at radius 2 is 2.00 bits per heavy atom. The number of esters is 1. The Labute approximate surface area is 90.6 Å². The third kappa shape index (κ3) is 3.86. The van der Waals surface area contributed by atoms with Gasteiger partial charge in [0.25, 0.3) is 0 Å². The van der Waals surface area contributed by atoms with Gasteiger partial charge in [-0.15, -0.1) is 0 Å². The molecule has 3 heteroatoms. The van der Waals surface area contributed by atoms with Crippen LogP contribution >= 0.6 is 12.2 Å². The van der Waals surface area contributed by atoms with Gasteiger partial charge in [-0.1, -0.05) is 27.4 Å². The fraction of sp³-hybridized carbons (Fsp3) is 0.545. The lowest BCUT2D eigenvalue weighted by atomic mass is 9.84. The highest BCUT2D eigenvalue weighted by atomic mass is 32.1. The molecular weight excluding hydrogens is 196 g/mol. The maximum absolute atomic E-state index is 11.1. The van der Waals surface area contributed by atoms with E-state index in [4.69, 9.17) is 12.2 Å². The second-order valence-corrected chi connectivity index (χ2v) is 4.31. The van der Waals surface area contributed by atoms with E-state index in [0.717, 1.165) is 5.57 Å². The minimum Gasteiger partial charge on any atom is -0.466 e.